The Morgan fingerprint density at radius 2 is 1.85 bits per heavy atom. The highest BCUT2D eigenvalue weighted by atomic mass is 15.3. The fourth-order valence-corrected chi connectivity index (χ4v) is 3.05. The molecule has 0 aliphatic heterocycles. The minimum Gasteiger partial charge on any atom is -0.370 e. The van der Waals surface area contributed by atoms with Gasteiger partial charge in [0.05, 0.1) is 17.9 Å². The maximum absolute atomic E-state index is 6.11. The van der Waals surface area contributed by atoms with Crippen molar-refractivity contribution in [2.45, 2.75) is 40.2 Å². The quantitative estimate of drug-likeness (QED) is 0.518. The first kappa shape index (κ1) is 18.7. The highest BCUT2D eigenvalue weighted by Crippen LogP contribution is 2.20. The van der Waals surface area contributed by atoms with E-state index in [9.17, 15) is 0 Å². The van der Waals surface area contributed by atoms with Gasteiger partial charge in [0.15, 0.2) is 5.96 Å². The Labute approximate surface area is 160 Å². The molecule has 0 saturated heterocycles. The number of aryl methyl sites for hydroxylation is 1. The number of nitrogens with one attached hydrogen (secondary N) is 1. The van der Waals surface area contributed by atoms with E-state index in [2.05, 4.69) is 48.3 Å². The molecule has 0 saturated carbocycles. The molecule has 0 radical (unpaired) electrons. The van der Waals surface area contributed by atoms with Crippen molar-refractivity contribution in [3.05, 3.63) is 77.1 Å². The first-order chi connectivity index (χ1) is 13.0. The summed E-state index contributed by atoms with van der Waals surface area (Å²) in [5.41, 5.74) is 12.5. The zero-order chi connectivity index (χ0) is 19.4. The molecule has 1 heterocycles. The number of nitrogens with two attached hydrogens (primary N) is 1. The summed E-state index contributed by atoms with van der Waals surface area (Å²) in [7, 11) is 0. The SMILES string of the molecule is Cc1nn(-c2ccccc2)c(C)c1CN=C(N)Nc1cccc(C(C)C)c1. The summed E-state index contributed by atoms with van der Waals surface area (Å²) in [5.74, 6) is 0.876. The number of hydrogen-bond donors (Lipinski definition) is 2. The average molecular weight is 361 g/mol. The normalized spacial score (nSPS) is 11.8. The third kappa shape index (κ3) is 4.37. The van der Waals surface area contributed by atoms with Gasteiger partial charge in [0, 0.05) is 16.9 Å². The second-order valence-corrected chi connectivity index (χ2v) is 7.00. The first-order valence-corrected chi connectivity index (χ1v) is 9.23. The summed E-state index contributed by atoms with van der Waals surface area (Å²) in [6.07, 6.45) is 0. The maximum atomic E-state index is 6.11. The maximum Gasteiger partial charge on any atom is 0.193 e. The Kier molecular flexibility index (Phi) is 5.60. The molecule has 2 aromatic carbocycles. The van der Waals surface area contributed by atoms with Gasteiger partial charge in [-0.15, -0.1) is 0 Å². The molecule has 3 rings (SSSR count). The summed E-state index contributed by atoms with van der Waals surface area (Å²) in [6, 6.07) is 18.4. The third-order valence-electron chi connectivity index (χ3n) is 4.68. The van der Waals surface area contributed by atoms with Crippen molar-refractivity contribution >= 4 is 11.6 Å². The second kappa shape index (κ2) is 8.08. The number of nitrogens with zero attached hydrogens (tertiary/aromatic N) is 3. The minimum absolute atomic E-state index is 0.405. The predicted octanol–water partition coefficient (Wildman–Crippen LogP) is 4.54. The van der Waals surface area contributed by atoms with Gasteiger partial charge >= 0.3 is 0 Å². The summed E-state index contributed by atoms with van der Waals surface area (Å²) in [4.78, 5) is 4.52. The minimum atomic E-state index is 0.405. The summed E-state index contributed by atoms with van der Waals surface area (Å²) < 4.78 is 1.95. The highest BCUT2D eigenvalue weighted by molar-refractivity contribution is 5.92. The lowest BCUT2D eigenvalue weighted by atomic mass is 10.0. The van der Waals surface area contributed by atoms with Crippen LogP contribution in [-0.4, -0.2) is 15.7 Å². The molecule has 0 bridgehead atoms. The van der Waals surface area contributed by atoms with Crippen molar-refractivity contribution in [3.63, 3.8) is 0 Å². The van der Waals surface area contributed by atoms with Crippen LogP contribution in [0.15, 0.2) is 59.6 Å². The van der Waals surface area contributed by atoms with E-state index >= 15 is 0 Å². The fraction of sp³-hybridized carbons (Fsp3) is 0.273. The van der Waals surface area contributed by atoms with E-state index in [1.165, 1.54) is 5.56 Å². The molecule has 0 aliphatic carbocycles. The molecule has 5 nitrogen and oxygen atoms in total. The van der Waals surface area contributed by atoms with E-state index < -0.39 is 0 Å². The lowest BCUT2D eigenvalue weighted by Gasteiger charge is -2.10. The number of aliphatic imine (C=N–C) groups is 1. The number of anilines is 1. The number of rotatable bonds is 5. The lowest BCUT2D eigenvalue weighted by molar-refractivity contribution is 0.832. The van der Waals surface area contributed by atoms with E-state index in [1.54, 1.807) is 0 Å². The largest absolute Gasteiger partial charge is 0.370 e. The van der Waals surface area contributed by atoms with Crippen LogP contribution >= 0.6 is 0 Å². The van der Waals surface area contributed by atoms with Crippen LogP contribution in [0.1, 0.15) is 42.3 Å². The Hall–Kier alpha value is -3.08. The van der Waals surface area contributed by atoms with Crippen molar-refractivity contribution in [2.75, 3.05) is 5.32 Å². The Morgan fingerprint density at radius 1 is 1.11 bits per heavy atom. The summed E-state index contributed by atoms with van der Waals surface area (Å²) in [6.45, 7) is 8.91. The standard InChI is InChI=1S/C22H27N5/c1-15(2)18-9-8-10-19(13-18)25-22(23)24-14-21-16(3)26-27(17(21)4)20-11-6-5-7-12-20/h5-13,15H,14H2,1-4H3,(H3,23,24,25). The molecular weight excluding hydrogens is 334 g/mol. The van der Waals surface area contributed by atoms with Crippen molar-refractivity contribution in [1.82, 2.24) is 9.78 Å². The van der Waals surface area contributed by atoms with Gasteiger partial charge in [-0.2, -0.15) is 5.10 Å². The van der Waals surface area contributed by atoms with Crippen LogP contribution in [0.25, 0.3) is 5.69 Å². The molecule has 27 heavy (non-hydrogen) atoms. The molecule has 3 N–H and O–H groups in total. The van der Waals surface area contributed by atoms with Gasteiger partial charge in [-0.25, -0.2) is 9.67 Å². The molecule has 0 amide bonds. The number of guanidine groups is 1. The van der Waals surface area contributed by atoms with Gasteiger partial charge < -0.3 is 11.1 Å². The zero-order valence-corrected chi connectivity index (χ0v) is 16.4. The van der Waals surface area contributed by atoms with E-state index in [-0.39, 0.29) is 0 Å². The van der Waals surface area contributed by atoms with Crippen molar-refractivity contribution in [1.29, 1.82) is 0 Å². The topological polar surface area (TPSA) is 68.2 Å². The van der Waals surface area contributed by atoms with Crippen molar-refractivity contribution < 1.29 is 0 Å². The molecule has 140 valence electrons. The first-order valence-electron chi connectivity index (χ1n) is 9.23. The van der Waals surface area contributed by atoms with Gasteiger partial charge in [-0.3, -0.25) is 0 Å². The molecule has 0 atom stereocenters. The van der Waals surface area contributed by atoms with Crippen LogP contribution in [0.3, 0.4) is 0 Å². The number of aromatic nitrogens is 2. The molecule has 0 aliphatic rings. The average Bonchev–Trinajstić information content (AvgIpc) is 2.95. The third-order valence-corrected chi connectivity index (χ3v) is 4.68. The highest BCUT2D eigenvalue weighted by Gasteiger charge is 2.12. The van der Waals surface area contributed by atoms with E-state index in [0.717, 1.165) is 28.3 Å². The number of para-hydroxylation sites is 1. The smallest absolute Gasteiger partial charge is 0.193 e. The second-order valence-electron chi connectivity index (χ2n) is 7.00. The molecule has 0 spiro atoms. The van der Waals surface area contributed by atoms with Gasteiger partial charge in [-0.1, -0.05) is 44.2 Å². The Bertz CT molecular complexity index is 939. The van der Waals surface area contributed by atoms with Crippen LogP contribution in [0.5, 0.6) is 0 Å². The Morgan fingerprint density at radius 3 is 2.56 bits per heavy atom. The monoisotopic (exact) mass is 361 g/mol. The van der Waals surface area contributed by atoms with Gasteiger partial charge in [0.1, 0.15) is 0 Å². The molecule has 0 unspecified atom stereocenters. The van der Waals surface area contributed by atoms with Crippen molar-refractivity contribution in [3.8, 4) is 5.69 Å². The van der Waals surface area contributed by atoms with Crippen LogP contribution < -0.4 is 11.1 Å². The van der Waals surface area contributed by atoms with Gasteiger partial charge in [0.2, 0.25) is 0 Å². The van der Waals surface area contributed by atoms with Crippen molar-refractivity contribution in [2.24, 2.45) is 10.7 Å². The molecular formula is C22H27N5. The van der Waals surface area contributed by atoms with Crippen LogP contribution in [0.2, 0.25) is 0 Å². The molecule has 5 heteroatoms. The van der Waals surface area contributed by atoms with E-state index in [1.807, 2.05) is 54.1 Å². The molecule has 1 aromatic heterocycles. The zero-order valence-electron chi connectivity index (χ0n) is 16.4. The number of hydrogen-bond acceptors (Lipinski definition) is 2. The predicted molar refractivity (Wildman–Crippen MR) is 113 cm³/mol. The van der Waals surface area contributed by atoms with Gasteiger partial charge in [-0.05, 0) is 49.6 Å². The Balaban J connectivity index is 1.76. The van der Waals surface area contributed by atoms with Gasteiger partial charge in [0.25, 0.3) is 0 Å². The number of benzene rings is 2. The molecule has 0 fully saturated rings. The van der Waals surface area contributed by atoms with E-state index in [0.29, 0.717) is 18.4 Å². The van der Waals surface area contributed by atoms with Crippen LogP contribution in [0.4, 0.5) is 5.69 Å². The summed E-state index contributed by atoms with van der Waals surface area (Å²) in [5, 5.41) is 7.84. The lowest BCUT2D eigenvalue weighted by Crippen LogP contribution is -2.22. The molecule has 3 aromatic rings. The summed E-state index contributed by atoms with van der Waals surface area (Å²) >= 11 is 0. The fourth-order valence-electron chi connectivity index (χ4n) is 3.05. The van der Waals surface area contributed by atoms with E-state index in [4.69, 9.17) is 5.73 Å². The van der Waals surface area contributed by atoms with Crippen LogP contribution in [-0.2, 0) is 6.54 Å². The van der Waals surface area contributed by atoms with Crippen LogP contribution in [0, 0.1) is 13.8 Å².